The Bertz CT molecular complexity index is 1410. The van der Waals surface area contributed by atoms with Crippen LogP contribution in [0.25, 0.3) is 10.8 Å². The van der Waals surface area contributed by atoms with E-state index in [1.807, 2.05) is 30.3 Å². The van der Waals surface area contributed by atoms with Gasteiger partial charge in [-0.05, 0) is 78.4 Å². The molecule has 0 N–H and O–H groups in total. The third kappa shape index (κ3) is 6.99. The normalized spacial score (nSPS) is 10.4. The zero-order valence-corrected chi connectivity index (χ0v) is 20.8. The van der Waals surface area contributed by atoms with Crippen molar-refractivity contribution in [1.29, 1.82) is 0 Å². The van der Waals surface area contributed by atoms with Crippen LogP contribution in [0.1, 0.15) is 66.8 Å². The Morgan fingerprint density at radius 3 is 2.03 bits per heavy atom. The van der Waals surface area contributed by atoms with Gasteiger partial charge in [-0.25, -0.2) is 4.39 Å². The van der Waals surface area contributed by atoms with Gasteiger partial charge < -0.3 is 0 Å². The molecule has 0 amide bonds. The zero-order chi connectivity index (χ0) is 24.5. The van der Waals surface area contributed by atoms with Crippen LogP contribution in [0.4, 0.5) is 4.39 Å². The molecule has 0 saturated heterocycles. The second-order valence-electron chi connectivity index (χ2n) is 8.73. The van der Waals surface area contributed by atoms with Crippen molar-refractivity contribution in [3.8, 4) is 23.7 Å². The van der Waals surface area contributed by atoms with E-state index in [1.54, 1.807) is 24.3 Å². The van der Waals surface area contributed by atoms with Crippen LogP contribution in [-0.4, -0.2) is 0 Å². The van der Waals surface area contributed by atoms with E-state index in [0.717, 1.165) is 28.5 Å². The summed E-state index contributed by atoms with van der Waals surface area (Å²) in [4.78, 5) is 0. The molecule has 0 fully saturated rings. The highest BCUT2D eigenvalue weighted by molar-refractivity contribution is 6.30. The molecule has 0 atom stereocenters. The molecule has 174 valence electrons. The summed E-state index contributed by atoms with van der Waals surface area (Å²) in [6.07, 6.45) is 7.60. The highest BCUT2D eigenvalue weighted by Gasteiger charge is 2.06. The van der Waals surface area contributed by atoms with Gasteiger partial charge in [0.1, 0.15) is 5.82 Å². The maximum absolute atomic E-state index is 15.0. The van der Waals surface area contributed by atoms with Crippen molar-refractivity contribution in [2.75, 3.05) is 0 Å². The fourth-order valence-corrected chi connectivity index (χ4v) is 4.10. The molecule has 0 spiro atoms. The molecule has 0 saturated carbocycles. The molecule has 0 heterocycles. The van der Waals surface area contributed by atoms with E-state index in [2.05, 4.69) is 54.9 Å². The molecule has 0 radical (unpaired) electrons. The molecule has 35 heavy (non-hydrogen) atoms. The first-order chi connectivity index (χ1) is 17.1. The zero-order valence-electron chi connectivity index (χ0n) is 20.0. The predicted octanol–water partition coefficient (Wildman–Crippen LogP) is 8.94. The first-order valence-electron chi connectivity index (χ1n) is 12.2. The first-order valence-corrected chi connectivity index (χ1v) is 12.6. The van der Waals surface area contributed by atoms with Crippen molar-refractivity contribution in [2.45, 2.75) is 45.4 Å². The standard InChI is InChI=1S/C33H28ClF/c1-2-3-4-5-6-7-25-8-10-26(11-9-25)12-13-28-17-23-32-30(24-28)20-19-29(33(32)35)18-14-27-15-21-31(34)22-16-27/h8-11,15-17,19-24H,2-7H2,1H3. The maximum atomic E-state index is 15.0. The largest absolute Gasteiger partial charge is 0.205 e. The molecular weight excluding hydrogens is 451 g/mol. The average molecular weight is 479 g/mol. The van der Waals surface area contributed by atoms with E-state index in [1.165, 1.54) is 37.7 Å². The smallest absolute Gasteiger partial charge is 0.146 e. The van der Waals surface area contributed by atoms with E-state index in [9.17, 15) is 0 Å². The Morgan fingerprint density at radius 1 is 0.657 bits per heavy atom. The van der Waals surface area contributed by atoms with Crippen LogP contribution >= 0.6 is 11.6 Å². The molecule has 0 unspecified atom stereocenters. The summed E-state index contributed by atoms with van der Waals surface area (Å²) in [5.41, 5.74) is 4.37. The van der Waals surface area contributed by atoms with Crippen molar-refractivity contribution in [3.63, 3.8) is 0 Å². The van der Waals surface area contributed by atoms with Gasteiger partial charge in [-0.1, -0.05) is 92.2 Å². The van der Waals surface area contributed by atoms with E-state index >= 15 is 4.39 Å². The van der Waals surface area contributed by atoms with Gasteiger partial charge in [0.15, 0.2) is 0 Å². The van der Waals surface area contributed by atoms with Crippen LogP contribution in [0.5, 0.6) is 0 Å². The second-order valence-corrected chi connectivity index (χ2v) is 9.17. The maximum Gasteiger partial charge on any atom is 0.146 e. The summed E-state index contributed by atoms with van der Waals surface area (Å²) < 4.78 is 15.0. The van der Waals surface area contributed by atoms with Crippen LogP contribution in [0.15, 0.2) is 78.9 Å². The van der Waals surface area contributed by atoms with E-state index < -0.39 is 0 Å². The van der Waals surface area contributed by atoms with Crippen LogP contribution in [0, 0.1) is 29.5 Å². The van der Waals surface area contributed by atoms with Gasteiger partial charge in [-0.2, -0.15) is 0 Å². The highest BCUT2D eigenvalue weighted by atomic mass is 35.5. The van der Waals surface area contributed by atoms with Crippen LogP contribution in [0.2, 0.25) is 5.02 Å². The van der Waals surface area contributed by atoms with Crippen molar-refractivity contribution in [2.24, 2.45) is 0 Å². The number of aryl methyl sites for hydroxylation is 1. The number of halogens is 2. The van der Waals surface area contributed by atoms with Crippen molar-refractivity contribution >= 4 is 22.4 Å². The summed E-state index contributed by atoms with van der Waals surface area (Å²) >= 11 is 5.91. The lowest BCUT2D eigenvalue weighted by atomic mass is 10.0. The molecule has 0 nitrogen and oxygen atoms in total. The van der Waals surface area contributed by atoms with Gasteiger partial charge in [0.05, 0.1) is 5.56 Å². The van der Waals surface area contributed by atoms with Crippen molar-refractivity contribution in [3.05, 3.63) is 118 Å². The summed E-state index contributed by atoms with van der Waals surface area (Å²) in [5.74, 6) is 12.1. The van der Waals surface area contributed by atoms with Gasteiger partial charge in [-0.15, -0.1) is 0 Å². The molecule has 0 aromatic heterocycles. The molecule has 4 rings (SSSR count). The Labute approximate surface area is 213 Å². The Morgan fingerprint density at radius 2 is 1.29 bits per heavy atom. The highest BCUT2D eigenvalue weighted by Crippen LogP contribution is 2.22. The molecule has 0 aliphatic heterocycles. The van der Waals surface area contributed by atoms with Gasteiger partial charge in [0.2, 0.25) is 0 Å². The van der Waals surface area contributed by atoms with E-state index in [0.29, 0.717) is 16.0 Å². The molecule has 4 aromatic carbocycles. The number of unbranched alkanes of at least 4 members (excludes halogenated alkanes) is 4. The molecule has 0 bridgehead atoms. The minimum absolute atomic E-state index is 0.311. The number of hydrogen-bond donors (Lipinski definition) is 0. The fourth-order valence-electron chi connectivity index (χ4n) is 3.97. The van der Waals surface area contributed by atoms with Crippen LogP contribution in [0.3, 0.4) is 0 Å². The second kappa shape index (κ2) is 12.3. The summed E-state index contributed by atoms with van der Waals surface area (Å²) in [6, 6.07) is 24.9. The monoisotopic (exact) mass is 478 g/mol. The lowest BCUT2D eigenvalue weighted by Gasteiger charge is -2.03. The Balaban J connectivity index is 1.44. The average Bonchev–Trinajstić information content (AvgIpc) is 2.88. The minimum Gasteiger partial charge on any atom is -0.205 e. The number of fused-ring (bicyclic) bond motifs is 1. The van der Waals surface area contributed by atoms with Crippen LogP contribution in [-0.2, 0) is 6.42 Å². The molecule has 0 aliphatic carbocycles. The molecule has 0 aliphatic rings. The Kier molecular flexibility index (Phi) is 8.62. The van der Waals surface area contributed by atoms with Gasteiger partial charge in [0, 0.05) is 27.1 Å². The number of hydrogen-bond acceptors (Lipinski definition) is 0. The first kappa shape index (κ1) is 24.6. The topological polar surface area (TPSA) is 0 Å². The van der Waals surface area contributed by atoms with Gasteiger partial charge in [0.25, 0.3) is 0 Å². The SMILES string of the molecule is CCCCCCCc1ccc(C#Cc2ccc3c(F)c(C#Cc4ccc(Cl)cc4)ccc3c2)cc1. The third-order valence-corrected chi connectivity index (χ3v) is 6.27. The van der Waals surface area contributed by atoms with Crippen molar-refractivity contribution < 1.29 is 4.39 Å². The lowest BCUT2D eigenvalue weighted by Crippen LogP contribution is -1.88. The lowest BCUT2D eigenvalue weighted by molar-refractivity contribution is 0.632. The van der Waals surface area contributed by atoms with Gasteiger partial charge >= 0.3 is 0 Å². The van der Waals surface area contributed by atoms with Crippen molar-refractivity contribution in [1.82, 2.24) is 0 Å². The van der Waals surface area contributed by atoms with Crippen LogP contribution < -0.4 is 0 Å². The molecular formula is C33H28ClF. The van der Waals surface area contributed by atoms with E-state index in [4.69, 9.17) is 11.6 Å². The number of rotatable bonds is 6. The summed E-state index contributed by atoms with van der Waals surface area (Å²) in [5, 5.41) is 2.00. The number of benzene rings is 4. The van der Waals surface area contributed by atoms with Gasteiger partial charge in [-0.3, -0.25) is 0 Å². The summed E-state index contributed by atoms with van der Waals surface area (Å²) in [7, 11) is 0. The molecule has 2 heteroatoms. The summed E-state index contributed by atoms with van der Waals surface area (Å²) in [6.45, 7) is 2.24. The van der Waals surface area contributed by atoms with E-state index in [-0.39, 0.29) is 5.82 Å². The third-order valence-electron chi connectivity index (χ3n) is 6.01. The quantitative estimate of drug-likeness (QED) is 0.191. The molecule has 4 aromatic rings. The Hall–Kier alpha value is -3.52. The minimum atomic E-state index is -0.311. The predicted molar refractivity (Wildman–Crippen MR) is 146 cm³/mol. The fraction of sp³-hybridized carbons (Fsp3) is 0.212.